The Morgan fingerprint density at radius 2 is 2.31 bits per heavy atom. The normalized spacial score (nSPS) is 10.2. The number of tetrazole rings is 1. The summed E-state index contributed by atoms with van der Waals surface area (Å²) in [4.78, 5) is 21.7. The summed E-state index contributed by atoms with van der Waals surface area (Å²) in [6.45, 7) is 0. The molecule has 0 bridgehead atoms. The minimum absolute atomic E-state index is 0.0245. The van der Waals surface area contributed by atoms with Gasteiger partial charge in [-0.15, -0.1) is 5.10 Å². The summed E-state index contributed by atoms with van der Waals surface area (Å²) in [5.74, 6) is -0.768. The van der Waals surface area contributed by atoms with Crippen LogP contribution in [0.25, 0.3) is 5.69 Å². The quantitative estimate of drug-likeness (QED) is 0.568. The van der Waals surface area contributed by atoms with E-state index >= 15 is 0 Å². The Morgan fingerprint density at radius 3 is 2.81 bits per heavy atom. The molecule has 16 heavy (non-hydrogen) atoms. The van der Waals surface area contributed by atoms with Gasteiger partial charge in [0, 0.05) is 0 Å². The average Bonchev–Trinajstić information content (AvgIpc) is 2.86. The van der Waals surface area contributed by atoms with Gasteiger partial charge in [0.05, 0.1) is 0 Å². The number of aromatic nitrogens is 5. The highest BCUT2D eigenvalue weighted by Gasteiger charge is 2.24. The minimum atomic E-state index is -1.47. The molecule has 9 nitrogen and oxygen atoms in total. The van der Waals surface area contributed by atoms with E-state index in [2.05, 4.69) is 15.5 Å². The lowest BCUT2D eigenvalue weighted by Gasteiger charge is -1.91. The zero-order valence-electron chi connectivity index (χ0n) is 7.60. The van der Waals surface area contributed by atoms with Gasteiger partial charge >= 0.3 is 6.09 Å². The van der Waals surface area contributed by atoms with Crippen LogP contribution in [0.4, 0.5) is 4.79 Å². The first-order valence-electron chi connectivity index (χ1n) is 3.90. The third-order valence-corrected chi connectivity index (χ3v) is 2.71. The number of primary amides is 1. The van der Waals surface area contributed by atoms with Gasteiger partial charge in [0.1, 0.15) is 6.33 Å². The number of nitrogens with zero attached hydrogens (tertiary/aromatic N) is 5. The Balaban J connectivity index is 2.59. The summed E-state index contributed by atoms with van der Waals surface area (Å²) in [7, 11) is 0. The molecule has 10 heteroatoms. The zero-order chi connectivity index (χ0) is 11.7. The second kappa shape index (κ2) is 3.66. The van der Waals surface area contributed by atoms with Crippen molar-refractivity contribution in [2.24, 2.45) is 5.73 Å². The van der Waals surface area contributed by atoms with Gasteiger partial charge in [-0.3, -0.25) is 4.79 Å². The fraction of sp³-hybridized carbons (Fsp3) is 0. The van der Waals surface area contributed by atoms with Crippen molar-refractivity contribution in [3.63, 3.8) is 0 Å². The Morgan fingerprint density at radius 1 is 1.56 bits per heavy atom. The maximum atomic E-state index is 11.1. The summed E-state index contributed by atoms with van der Waals surface area (Å²) in [5, 5.41) is 20.9. The second-order valence-electron chi connectivity index (χ2n) is 2.65. The van der Waals surface area contributed by atoms with Crippen molar-refractivity contribution in [2.75, 3.05) is 0 Å². The molecular formula is C6H4N6O3S. The average molecular weight is 240 g/mol. The van der Waals surface area contributed by atoms with Crippen LogP contribution in [0.2, 0.25) is 0 Å². The second-order valence-corrected chi connectivity index (χ2v) is 3.63. The summed E-state index contributed by atoms with van der Waals surface area (Å²) < 4.78 is 1.87. The van der Waals surface area contributed by atoms with Gasteiger partial charge in [-0.2, -0.15) is 4.68 Å². The van der Waals surface area contributed by atoms with Gasteiger partial charge in [-0.25, -0.2) is 0 Å². The lowest BCUT2D eigenvalue weighted by Crippen LogP contribution is -2.48. The molecule has 82 valence electrons. The maximum Gasteiger partial charge on any atom is 0.357 e. The van der Waals surface area contributed by atoms with Crippen LogP contribution < -0.4 is 14.8 Å². The Hall–Kier alpha value is -2.36. The molecule has 2 N–H and O–H groups in total. The van der Waals surface area contributed by atoms with Crippen LogP contribution in [0.15, 0.2) is 12.5 Å². The van der Waals surface area contributed by atoms with E-state index in [1.165, 1.54) is 6.33 Å². The van der Waals surface area contributed by atoms with E-state index in [0.29, 0.717) is 11.5 Å². The Bertz CT molecular complexity index is 547. The molecule has 2 rings (SSSR count). The number of nitrogens with two attached hydrogens (primary N) is 1. The van der Waals surface area contributed by atoms with Gasteiger partial charge < -0.3 is 15.6 Å². The van der Waals surface area contributed by atoms with E-state index in [0.717, 1.165) is 14.8 Å². The van der Waals surface area contributed by atoms with E-state index < -0.39 is 12.0 Å². The van der Waals surface area contributed by atoms with Crippen LogP contribution in [0, 0.1) is 0 Å². The molecule has 0 aliphatic carbocycles. The number of carbonyl (C=O) groups excluding carboxylic acids is 2. The van der Waals surface area contributed by atoms with E-state index in [1.54, 1.807) is 0 Å². The molecule has 0 unspecified atom stereocenters. The first-order valence-corrected chi connectivity index (χ1v) is 4.67. The van der Waals surface area contributed by atoms with Crippen molar-refractivity contribution >= 4 is 23.5 Å². The molecule has 0 saturated carbocycles. The monoisotopic (exact) mass is 240 g/mol. The van der Waals surface area contributed by atoms with Gasteiger partial charge in [-0.05, 0) is 10.4 Å². The predicted molar refractivity (Wildman–Crippen MR) is 46.5 cm³/mol. The van der Waals surface area contributed by atoms with E-state index in [9.17, 15) is 14.7 Å². The largest absolute Gasteiger partial charge is 0.489 e. The summed E-state index contributed by atoms with van der Waals surface area (Å²) in [5.41, 5.74) is 5.28. The topological polar surface area (TPSA) is 131 Å². The van der Waals surface area contributed by atoms with Gasteiger partial charge in [0.15, 0.2) is 22.1 Å². The smallest absolute Gasteiger partial charge is 0.357 e. The van der Waals surface area contributed by atoms with Crippen molar-refractivity contribution in [1.29, 1.82) is 0 Å². The van der Waals surface area contributed by atoms with Gasteiger partial charge in [0.25, 0.3) is 5.91 Å². The maximum absolute atomic E-state index is 11.1. The summed E-state index contributed by atoms with van der Waals surface area (Å²) in [6.07, 6.45) is 0.900. The van der Waals surface area contributed by atoms with Crippen molar-refractivity contribution in [3.8, 4) is 5.69 Å². The first kappa shape index (κ1) is 10.2. The van der Waals surface area contributed by atoms with Gasteiger partial charge in [-0.1, -0.05) is 3.96 Å². The van der Waals surface area contributed by atoms with Crippen molar-refractivity contribution in [2.45, 2.75) is 0 Å². The van der Waals surface area contributed by atoms with Crippen molar-refractivity contribution < 1.29 is 18.7 Å². The van der Waals surface area contributed by atoms with Crippen LogP contribution in [0.1, 0.15) is 9.67 Å². The molecule has 0 aliphatic heterocycles. The molecule has 0 fully saturated rings. The zero-order valence-corrected chi connectivity index (χ0v) is 8.42. The highest BCUT2D eigenvalue weighted by atomic mass is 32.1. The lowest BCUT2D eigenvalue weighted by molar-refractivity contribution is -0.571. The number of carbonyl (C=O) groups is 2. The minimum Gasteiger partial charge on any atom is -0.489 e. The Labute approximate surface area is 91.9 Å². The molecule has 2 heterocycles. The van der Waals surface area contributed by atoms with Crippen LogP contribution in [0.3, 0.4) is 0 Å². The summed E-state index contributed by atoms with van der Waals surface area (Å²) in [6, 6.07) is 0. The highest BCUT2D eigenvalue weighted by Crippen LogP contribution is 2.14. The Kier molecular flexibility index (Phi) is 2.32. The first-order chi connectivity index (χ1) is 7.59. The number of hydrogen-bond acceptors (Lipinski definition) is 7. The molecule has 0 atom stereocenters. The van der Waals surface area contributed by atoms with Gasteiger partial charge in [0.2, 0.25) is 6.20 Å². The lowest BCUT2D eigenvalue weighted by atomic mass is 10.4. The number of hydrogen-bond donors (Lipinski definition) is 1. The van der Waals surface area contributed by atoms with Crippen LogP contribution in [-0.4, -0.2) is 32.2 Å². The SMILES string of the molecule is NC(=O)c1s[n+](C(=O)[O-])cc1-n1cnnn1. The van der Waals surface area contributed by atoms with E-state index in [1.807, 2.05) is 0 Å². The van der Waals surface area contributed by atoms with Crippen molar-refractivity contribution in [1.82, 2.24) is 20.2 Å². The standard InChI is InChI=1S/C6H4N6O3S/c7-5(13)4-3(11-2-8-9-10-11)1-12(16-4)6(14)15/h1-2H,(H2-,7,13,14,15). The molecule has 0 radical (unpaired) electrons. The molecule has 2 aromatic heterocycles. The summed E-state index contributed by atoms with van der Waals surface area (Å²) >= 11 is 0.638. The number of amides is 1. The van der Waals surface area contributed by atoms with E-state index in [-0.39, 0.29) is 10.6 Å². The predicted octanol–water partition coefficient (Wildman–Crippen LogP) is -2.70. The molecular weight excluding hydrogens is 236 g/mol. The molecule has 0 aromatic carbocycles. The molecule has 2 aromatic rings. The van der Waals surface area contributed by atoms with E-state index in [4.69, 9.17) is 5.73 Å². The number of rotatable bonds is 2. The fourth-order valence-electron chi connectivity index (χ4n) is 1.04. The third kappa shape index (κ3) is 1.61. The molecule has 0 spiro atoms. The highest BCUT2D eigenvalue weighted by molar-refractivity contribution is 7.05. The van der Waals surface area contributed by atoms with Crippen molar-refractivity contribution in [3.05, 3.63) is 17.4 Å². The van der Waals surface area contributed by atoms with Crippen LogP contribution >= 0.6 is 11.5 Å². The van der Waals surface area contributed by atoms with Crippen LogP contribution in [-0.2, 0) is 0 Å². The molecule has 0 saturated heterocycles. The number of carboxylic acid groups (broad SMARTS) is 1. The molecule has 1 amide bonds. The fourth-order valence-corrected chi connectivity index (χ4v) is 1.79. The third-order valence-electron chi connectivity index (χ3n) is 1.66. The van der Waals surface area contributed by atoms with Crippen LogP contribution in [0.5, 0.6) is 0 Å². The molecule has 0 aliphatic rings.